The molecule has 0 bridgehead atoms. The van der Waals surface area contributed by atoms with Gasteiger partial charge in [-0.3, -0.25) is 0 Å². The summed E-state index contributed by atoms with van der Waals surface area (Å²) >= 11 is 0. The van der Waals surface area contributed by atoms with Gasteiger partial charge in [0.1, 0.15) is 23.7 Å². The van der Waals surface area contributed by atoms with Gasteiger partial charge in [0, 0.05) is 18.9 Å². The fraction of sp³-hybridized carbons (Fsp3) is 0.280. The van der Waals surface area contributed by atoms with Crippen molar-refractivity contribution < 1.29 is 49.7 Å². The molecule has 0 aliphatic heterocycles. The molecule has 186 valence electrons. The number of aliphatic carboxylic acids is 1. The first-order valence-corrected chi connectivity index (χ1v) is 10.7. The van der Waals surface area contributed by atoms with E-state index in [0.717, 1.165) is 6.08 Å². The third kappa shape index (κ3) is 7.14. The highest BCUT2D eigenvalue weighted by Crippen LogP contribution is 2.33. The number of carbonyl (C=O) groups is 2. The van der Waals surface area contributed by atoms with E-state index in [1.165, 1.54) is 42.5 Å². The molecule has 5 unspecified atom stereocenters. The average molecular weight is 486 g/mol. The maximum absolute atomic E-state index is 12.4. The van der Waals surface area contributed by atoms with Gasteiger partial charge in [-0.2, -0.15) is 0 Å². The number of aromatic hydroxyl groups is 2. The fourth-order valence-corrected chi connectivity index (χ4v) is 3.63. The van der Waals surface area contributed by atoms with Crippen LogP contribution in [-0.4, -0.2) is 72.8 Å². The minimum absolute atomic E-state index is 0.0480. The average Bonchev–Trinajstić information content (AvgIpc) is 2.80. The van der Waals surface area contributed by atoms with Gasteiger partial charge in [-0.05, 0) is 47.5 Å². The van der Waals surface area contributed by atoms with Crippen LogP contribution in [0.5, 0.6) is 11.5 Å². The van der Waals surface area contributed by atoms with Crippen molar-refractivity contribution in [1.82, 2.24) is 0 Å². The molecular weight excluding hydrogens is 460 g/mol. The first-order chi connectivity index (χ1) is 16.6. The van der Waals surface area contributed by atoms with E-state index in [2.05, 4.69) is 0 Å². The Kier molecular flexibility index (Phi) is 8.26. The topological polar surface area (TPSA) is 174 Å². The Morgan fingerprint density at radius 3 is 2.03 bits per heavy atom. The Labute approximate surface area is 200 Å². The number of carboxylic acids is 1. The van der Waals surface area contributed by atoms with E-state index >= 15 is 0 Å². The Bertz CT molecular complexity index is 1080. The van der Waals surface area contributed by atoms with Gasteiger partial charge < -0.3 is 40.1 Å². The number of carboxylic acid groups (broad SMARTS) is 1. The number of phenolic OH excluding ortho intramolecular Hbond substituents is 2. The van der Waals surface area contributed by atoms with E-state index in [4.69, 9.17) is 9.47 Å². The molecule has 2 aromatic carbocycles. The van der Waals surface area contributed by atoms with Crippen LogP contribution in [0, 0.1) is 0 Å². The van der Waals surface area contributed by atoms with Gasteiger partial charge in [-0.25, -0.2) is 9.59 Å². The normalized spacial score (nSPS) is 25.5. The number of hydrogen-bond acceptors (Lipinski definition) is 9. The Morgan fingerprint density at radius 1 is 0.943 bits per heavy atom. The summed E-state index contributed by atoms with van der Waals surface area (Å²) in [6.45, 7) is 0. The molecule has 6 N–H and O–H groups in total. The second-order valence-corrected chi connectivity index (χ2v) is 8.15. The van der Waals surface area contributed by atoms with E-state index < -0.39 is 55.0 Å². The maximum atomic E-state index is 12.4. The number of ether oxygens (including phenoxy) is 2. The van der Waals surface area contributed by atoms with Crippen LogP contribution in [0.1, 0.15) is 24.0 Å². The molecule has 3 rings (SSSR count). The van der Waals surface area contributed by atoms with Crippen molar-refractivity contribution in [3.8, 4) is 11.5 Å². The third-order valence-corrected chi connectivity index (χ3v) is 5.44. The monoisotopic (exact) mass is 486 g/mol. The number of benzene rings is 2. The molecule has 10 nitrogen and oxygen atoms in total. The summed E-state index contributed by atoms with van der Waals surface area (Å²) in [5.41, 5.74) is -1.15. The molecule has 1 saturated carbocycles. The van der Waals surface area contributed by atoms with Crippen molar-refractivity contribution >= 4 is 24.1 Å². The molecule has 5 atom stereocenters. The van der Waals surface area contributed by atoms with Gasteiger partial charge in [-0.15, -0.1) is 0 Å². The number of phenols is 2. The van der Waals surface area contributed by atoms with Crippen molar-refractivity contribution in [2.75, 3.05) is 0 Å². The minimum Gasteiger partial charge on any atom is -0.508 e. The van der Waals surface area contributed by atoms with Crippen molar-refractivity contribution in [2.24, 2.45) is 0 Å². The van der Waals surface area contributed by atoms with Crippen molar-refractivity contribution in [1.29, 1.82) is 0 Å². The molecule has 35 heavy (non-hydrogen) atoms. The van der Waals surface area contributed by atoms with E-state index in [1.54, 1.807) is 24.3 Å². The summed E-state index contributed by atoms with van der Waals surface area (Å²) in [6, 6.07) is 12.0. The fourth-order valence-electron chi connectivity index (χ4n) is 3.63. The zero-order chi connectivity index (χ0) is 25.6. The molecule has 10 heteroatoms. The van der Waals surface area contributed by atoms with E-state index in [0.29, 0.717) is 11.1 Å². The number of aliphatic hydroxyl groups is 3. The SMILES string of the molecule is O=C(C=Cc1ccc(O)cc1)OC1CC(O)(C(=O)O)CC(O)C1OC(O)C=Cc1ccc(O)cc1. The summed E-state index contributed by atoms with van der Waals surface area (Å²) in [6.07, 6.45) is -1.83. The Hall–Kier alpha value is -3.70. The summed E-state index contributed by atoms with van der Waals surface area (Å²) < 4.78 is 10.7. The van der Waals surface area contributed by atoms with Gasteiger partial charge in [0.25, 0.3) is 0 Å². The molecule has 0 spiro atoms. The summed E-state index contributed by atoms with van der Waals surface area (Å²) in [7, 11) is 0. The summed E-state index contributed by atoms with van der Waals surface area (Å²) in [4.78, 5) is 23.9. The van der Waals surface area contributed by atoms with Crippen molar-refractivity contribution in [2.45, 2.75) is 43.0 Å². The zero-order valence-electron chi connectivity index (χ0n) is 18.5. The van der Waals surface area contributed by atoms with Gasteiger partial charge >= 0.3 is 11.9 Å². The lowest BCUT2D eigenvalue weighted by Gasteiger charge is -2.41. The van der Waals surface area contributed by atoms with Crippen LogP contribution < -0.4 is 0 Å². The zero-order valence-corrected chi connectivity index (χ0v) is 18.5. The molecule has 0 saturated heterocycles. The van der Waals surface area contributed by atoms with Crippen LogP contribution in [0.2, 0.25) is 0 Å². The highest BCUT2D eigenvalue weighted by molar-refractivity contribution is 5.87. The second kappa shape index (κ2) is 11.2. The second-order valence-electron chi connectivity index (χ2n) is 8.15. The lowest BCUT2D eigenvalue weighted by Crippen LogP contribution is -2.58. The Morgan fingerprint density at radius 2 is 1.49 bits per heavy atom. The molecule has 2 aromatic rings. The third-order valence-electron chi connectivity index (χ3n) is 5.44. The number of rotatable bonds is 8. The van der Waals surface area contributed by atoms with E-state index in [9.17, 15) is 40.2 Å². The molecule has 1 fully saturated rings. The van der Waals surface area contributed by atoms with Crippen LogP contribution in [0.3, 0.4) is 0 Å². The summed E-state index contributed by atoms with van der Waals surface area (Å²) in [5.74, 6) is -2.37. The number of aliphatic hydroxyl groups excluding tert-OH is 2. The number of esters is 1. The smallest absolute Gasteiger partial charge is 0.335 e. The van der Waals surface area contributed by atoms with E-state index in [1.807, 2.05) is 0 Å². The molecule has 0 amide bonds. The Balaban J connectivity index is 1.72. The predicted molar refractivity (Wildman–Crippen MR) is 123 cm³/mol. The number of carbonyl (C=O) groups excluding carboxylic acids is 1. The van der Waals surface area contributed by atoms with Crippen LogP contribution in [0.25, 0.3) is 12.2 Å². The van der Waals surface area contributed by atoms with Crippen LogP contribution >= 0.6 is 0 Å². The molecule has 0 heterocycles. The molecule has 0 aromatic heterocycles. The van der Waals surface area contributed by atoms with Crippen LogP contribution in [0.15, 0.2) is 60.7 Å². The van der Waals surface area contributed by atoms with Crippen molar-refractivity contribution in [3.05, 3.63) is 71.8 Å². The quantitative estimate of drug-likeness (QED) is 0.182. The molecular formula is C25H26O10. The van der Waals surface area contributed by atoms with Crippen molar-refractivity contribution in [3.63, 3.8) is 0 Å². The van der Waals surface area contributed by atoms with Gasteiger partial charge in [0.15, 0.2) is 11.9 Å². The highest BCUT2D eigenvalue weighted by atomic mass is 16.6. The minimum atomic E-state index is -2.36. The largest absolute Gasteiger partial charge is 0.508 e. The molecule has 1 aliphatic carbocycles. The first-order valence-electron chi connectivity index (χ1n) is 10.7. The summed E-state index contributed by atoms with van der Waals surface area (Å²) in [5, 5.41) is 59.2. The molecule has 0 radical (unpaired) electrons. The van der Waals surface area contributed by atoms with Gasteiger partial charge in [0.2, 0.25) is 0 Å². The lowest BCUT2D eigenvalue weighted by molar-refractivity contribution is -0.227. The predicted octanol–water partition coefficient (Wildman–Crippen LogP) is 1.41. The van der Waals surface area contributed by atoms with Crippen LogP contribution in [-0.2, 0) is 19.1 Å². The lowest BCUT2D eigenvalue weighted by atomic mass is 9.79. The number of hydrogen-bond donors (Lipinski definition) is 6. The maximum Gasteiger partial charge on any atom is 0.335 e. The van der Waals surface area contributed by atoms with Gasteiger partial charge in [-0.1, -0.05) is 30.3 Å². The molecule has 1 aliphatic rings. The standard InChI is InChI=1S/C25H26O10/c26-17-7-1-15(2-8-17)5-11-21(29)34-20-14-25(33,24(31)32)13-19(28)23(20)35-22(30)12-6-16-3-9-18(27)10-4-16/h1-12,19-20,22-23,26-28,30,33H,13-14H2,(H,31,32). The van der Waals surface area contributed by atoms with E-state index in [-0.39, 0.29) is 11.5 Å². The van der Waals surface area contributed by atoms with Gasteiger partial charge in [0.05, 0.1) is 6.10 Å². The first kappa shape index (κ1) is 25.9. The highest BCUT2D eigenvalue weighted by Gasteiger charge is 2.51. The van der Waals surface area contributed by atoms with Crippen LogP contribution in [0.4, 0.5) is 0 Å².